The van der Waals surface area contributed by atoms with Gasteiger partial charge in [0.1, 0.15) is 5.82 Å². The van der Waals surface area contributed by atoms with Crippen molar-refractivity contribution < 1.29 is 0 Å². The van der Waals surface area contributed by atoms with E-state index in [2.05, 4.69) is 10.2 Å². The van der Waals surface area contributed by atoms with Crippen molar-refractivity contribution in [1.82, 2.24) is 9.97 Å². The number of hydrogen-bond acceptors (Lipinski definition) is 5. The lowest BCUT2D eigenvalue weighted by atomic mass is 10.2. The molecule has 0 bridgehead atoms. The topological polar surface area (TPSA) is 67.1 Å². The SMILES string of the molecule is NCCCNc1nc(N2CCCC2)nc2c1CCC2. The van der Waals surface area contributed by atoms with Crippen LogP contribution < -0.4 is 16.0 Å². The molecule has 0 radical (unpaired) electrons. The molecule has 1 fully saturated rings. The van der Waals surface area contributed by atoms with Crippen molar-refractivity contribution in [1.29, 1.82) is 0 Å². The van der Waals surface area contributed by atoms with Crippen LogP contribution in [0.5, 0.6) is 0 Å². The molecule has 104 valence electrons. The Hall–Kier alpha value is -1.36. The van der Waals surface area contributed by atoms with Gasteiger partial charge >= 0.3 is 0 Å². The van der Waals surface area contributed by atoms with Crippen molar-refractivity contribution in [2.75, 3.05) is 36.4 Å². The van der Waals surface area contributed by atoms with E-state index in [9.17, 15) is 0 Å². The average molecular weight is 261 g/mol. The molecule has 1 aromatic heterocycles. The fourth-order valence-corrected chi connectivity index (χ4v) is 2.93. The van der Waals surface area contributed by atoms with E-state index >= 15 is 0 Å². The molecule has 2 aliphatic rings. The van der Waals surface area contributed by atoms with Crippen molar-refractivity contribution in [3.05, 3.63) is 11.3 Å². The summed E-state index contributed by atoms with van der Waals surface area (Å²) in [5.74, 6) is 1.98. The summed E-state index contributed by atoms with van der Waals surface area (Å²) >= 11 is 0. The summed E-state index contributed by atoms with van der Waals surface area (Å²) in [5.41, 5.74) is 8.14. The first-order valence-corrected chi connectivity index (χ1v) is 7.47. The lowest BCUT2D eigenvalue weighted by Crippen LogP contribution is -2.22. The van der Waals surface area contributed by atoms with Gasteiger partial charge in [-0.05, 0) is 45.1 Å². The maximum absolute atomic E-state index is 5.55. The molecular formula is C14H23N5. The molecule has 1 aliphatic carbocycles. The predicted octanol–water partition coefficient (Wildman–Crippen LogP) is 1.33. The molecule has 0 aromatic carbocycles. The molecule has 0 atom stereocenters. The van der Waals surface area contributed by atoms with Crippen LogP contribution in [-0.4, -0.2) is 36.1 Å². The van der Waals surface area contributed by atoms with Gasteiger partial charge in [-0.25, -0.2) is 4.98 Å². The summed E-state index contributed by atoms with van der Waals surface area (Å²) in [5, 5.41) is 3.45. The van der Waals surface area contributed by atoms with Crippen molar-refractivity contribution in [2.45, 2.75) is 38.5 Å². The third-order valence-corrected chi connectivity index (χ3v) is 3.98. The van der Waals surface area contributed by atoms with Crippen LogP contribution in [0.4, 0.5) is 11.8 Å². The van der Waals surface area contributed by atoms with Gasteiger partial charge in [0.2, 0.25) is 5.95 Å². The van der Waals surface area contributed by atoms with Gasteiger partial charge in [0, 0.05) is 25.2 Å². The molecule has 0 saturated carbocycles. The Morgan fingerprint density at radius 1 is 1.11 bits per heavy atom. The zero-order valence-electron chi connectivity index (χ0n) is 11.5. The minimum Gasteiger partial charge on any atom is -0.370 e. The van der Waals surface area contributed by atoms with Crippen molar-refractivity contribution >= 4 is 11.8 Å². The molecule has 5 nitrogen and oxygen atoms in total. The van der Waals surface area contributed by atoms with E-state index in [-0.39, 0.29) is 0 Å². The lowest BCUT2D eigenvalue weighted by molar-refractivity contribution is 0.853. The van der Waals surface area contributed by atoms with Crippen LogP contribution in [0.2, 0.25) is 0 Å². The summed E-state index contributed by atoms with van der Waals surface area (Å²) in [6, 6.07) is 0. The molecule has 1 saturated heterocycles. The van der Waals surface area contributed by atoms with Gasteiger partial charge in [0.15, 0.2) is 0 Å². The largest absolute Gasteiger partial charge is 0.370 e. The monoisotopic (exact) mass is 261 g/mol. The highest BCUT2D eigenvalue weighted by molar-refractivity contribution is 5.53. The number of aryl methyl sites for hydroxylation is 1. The summed E-state index contributed by atoms with van der Waals surface area (Å²) in [6.07, 6.45) is 6.93. The first-order valence-electron chi connectivity index (χ1n) is 7.47. The second-order valence-electron chi connectivity index (χ2n) is 5.41. The maximum atomic E-state index is 5.55. The molecule has 1 aromatic rings. The number of nitrogens with zero attached hydrogens (tertiary/aromatic N) is 3. The van der Waals surface area contributed by atoms with Crippen LogP contribution in [0.3, 0.4) is 0 Å². The second-order valence-corrected chi connectivity index (χ2v) is 5.41. The maximum Gasteiger partial charge on any atom is 0.227 e. The zero-order valence-corrected chi connectivity index (χ0v) is 11.5. The average Bonchev–Trinajstić information content (AvgIpc) is 3.09. The van der Waals surface area contributed by atoms with Gasteiger partial charge in [-0.15, -0.1) is 0 Å². The molecule has 2 heterocycles. The van der Waals surface area contributed by atoms with Gasteiger partial charge in [-0.1, -0.05) is 0 Å². The highest BCUT2D eigenvalue weighted by atomic mass is 15.3. The first kappa shape index (κ1) is 12.7. The number of nitrogens with one attached hydrogen (secondary N) is 1. The summed E-state index contributed by atoms with van der Waals surface area (Å²) in [4.78, 5) is 11.8. The van der Waals surface area contributed by atoms with Crippen LogP contribution in [0.25, 0.3) is 0 Å². The Labute approximate surface area is 114 Å². The lowest BCUT2D eigenvalue weighted by Gasteiger charge is -2.18. The van der Waals surface area contributed by atoms with Crippen molar-refractivity contribution in [3.63, 3.8) is 0 Å². The second kappa shape index (κ2) is 5.74. The highest BCUT2D eigenvalue weighted by Crippen LogP contribution is 2.29. The predicted molar refractivity (Wildman–Crippen MR) is 77.7 cm³/mol. The molecule has 0 spiro atoms. The molecule has 5 heteroatoms. The Balaban J connectivity index is 1.83. The number of aromatic nitrogens is 2. The van der Waals surface area contributed by atoms with E-state index in [4.69, 9.17) is 15.7 Å². The Kier molecular flexibility index (Phi) is 3.82. The molecule has 3 rings (SSSR count). The van der Waals surface area contributed by atoms with Crippen LogP contribution in [0.15, 0.2) is 0 Å². The fourth-order valence-electron chi connectivity index (χ4n) is 2.93. The molecule has 19 heavy (non-hydrogen) atoms. The third-order valence-electron chi connectivity index (χ3n) is 3.98. The van der Waals surface area contributed by atoms with E-state index in [0.29, 0.717) is 0 Å². The van der Waals surface area contributed by atoms with E-state index in [1.165, 1.54) is 30.5 Å². The van der Waals surface area contributed by atoms with Crippen molar-refractivity contribution in [3.8, 4) is 0 Å². The molecule has 0 amide bonds. The molecular weight excluding hydrogens is 238 g/mol. The Morgan fingerprint density at radius 3 is 2.74 bits per heavy atom. The number of anilines is 2. The Bertz CT molecular complexity index is 440. The molecule has 0 unspecified atom stereocenters. The number of fused-ring (bicyclic) bond motifs is 1. The van der Waals surface area contributed by atoms with Gasteiger partial charge in [-0.3, -0.25) is 0 Å². The van der Waals surface area contributed by atoms with Crippen LogP contribution >= 0.6 is 0 Å². The fraction of sp³-hybridized carbons (Fsp3) is 0.714. The highest BCUT2D eigenvalue weighted by Gasteiger charge is 2.22. The number of hydrogen-bond donors (Lipinski definition) is 2. The first-order chi connectivity index (χ1) is 9.38. The van der Waals surface area contributed by atoms with E-state index in [1.807, 2.05) is 0 Å². The molecule has 3 N–H and O–H groups in total. The van der Waals surface area contributed by atoms with Crippen LogP contribution in [-0.2, 0) is 12.8 Å². The van der Waals surface area contributed by atoms with Crippen LogP contribution in [0, 0.1) is 0 Å². The van der Waals surface area contributed by atoms with E-state index in [0.717, 1.165) is 57.2 Å². The zero-order chi connectivity index (χ0) is 13.1. The van der Waals surface area contributed by atoms with Gasteiger partial charge < -0.3 is 16.0 Å². The summed E-state index contributed by atoms with van der Waals surface area (Å²) < 4.78 is 0. The number of rotatable bonds is 5. The molecule has 1 aliphatic heterocycles. The quantitative estimate of drug-likeness (QED) is 0.783. The van der Waals surface area contributed by atoms with E-state index < -0.39 is 0 Å². The van der Waals surface area contributed by atoms with Gasteiger partial charge in [-0.2, -0.15) is 4.98 Å². The van der Waals surface area contributed by atoms with E-state index in [1.54, 1.807) is 0 Å². The Morgan fingerprint density at radius 2 is 1.95 bits per heavy atom. The van der Waals surface area contributed by atoms with Crippen molar-refractivity contribution in [2.24, 2.45) is 5.73 Å². The summed E-state index contributed by atoms with van der Waals surface area (Å²) in [6.45, 7) is 3.82. The van der Waals surface area contributed by atoms with Crippen LogP contribution in [0.1, 0.15) is 36.9 Å². The normalized spacial score (nSPS) is 17.8. The van der Waals surface area contributed by atoms with Gasteiger partial charge in [0.25, 0.3) is 0 Å². The third kappa shape index (κ3) is 2.66. The summed E-state index contributed by atoms with van der Waals surface area (Å²) in [7, 11) is 0. The van der Waals surface area contributed by atoms with Gasteiger partial charge in [0.05, 0.1) is 5.69 Å². The standard InChI is InChI=1S/C14H23N5/c15-7-4-8-16-13-11-5-3-6-12(11)17-14(18-13)19-9-1-2-10-19/h1-10,15H2,(H,16,17,18). The smallest absolute Gasteiger partial charge is 0.227 e. The minimum atomic E-state index is 0.721. The number of nitrogens with two attached hydrogens (primary N) is 1. The minimum absolute atomic E-state index is 0.721.